The van der Waals surface area contributed by atoms with Gasteiger partial charge < -0.3 is 10.4 Å². The minimum atomic E-state index is -0.889. The van der Waals surface area contributed by atoms with Crippen molar-refractivity contribution in [1.82, 2.24) is 4.98 Å². The Hall–Kier alpha value is -2.73. The van der Waals surface area contributed by atoms with Crippen LogP contribution in [0, 0.1) is 13.8 Å². The van der Waals surface area contributed by atoms with Crippen molar-refractivity contribution in [3.05, 3.63) is 92.9 Å². The van der Waals surface area contributed by atoms with Crippen LogP contribution in [0.15, 0.2) is 60.7 Å². The highest BCUT2D eigenvalue weighted by molar-refractivity contribution is 7.19. The highest BCUT2D eigenvalue weighted by Gasteiger charge is 2.25. The average Bonchev–Trinajstić information content (AvgIpc) is 3.10. The van der Waals surface area contributed by atoms with Gasteiger partial charge in [0.2, 0.25) is 0 Å². The molecule has 1 atom stereocenters. The van der Waals surface area contributed by atoms with Gasteiger partial charge >= 0.3 is 0 Å². The summed E-state index contributed by atoms with van der Waals surface area (Å²) in [4.78, 5) is 18.9. The molecule has 0 aliphatic carbocycles. The largest absolute Gasteiger partial charge is 0.383 e. The van der Waals surface area contributed by atoms with Crippen LogP contribution < -0.4 is 5.32 Å². The molecule has 29 heavy (non-hydrogen) atoms. The third-order valence-corrected chi connectivity index (χ3v) is 6.54. The summed E-state index contributed by atoms with van der Waals surface area (Å²) in [6, 6.07) is 18.3. The number of aliphatic hydroxyl groups excluding tert-OH is 1. The first kappa shape index (κ1) is 19.6. The lowest BCUT2D eigenvalue weighted by Crippen LogP contribution is -2.13. The zero-order valence-corrected chi connectivity index (χ0v) is 17.5. The van der Waals surface area contributed by atoms with E-state index in [1.807, 2.05) is 62.4 Å². The number of benzene rings is 2. The van der Waals surface area contributed by atoms with Gasteiger partial charge in [0.15, 0.2) is 0 Å². The van der Waals surface area contributed by atoms with Crippen molar-refractivity contribution in [2.45, 2.75) is 20.0 Å². The molecule has 0 saturated carbocycles. The van der Waals surface area contributed by atoms with Crippen molar-refractivity contribution in [2.24, 2.45) is 0 Å². The Bertz CT molecular complexity index is 1190. The lowest BCUT2D eigenvalue weighted by molar-refractivity contribution is 0.102. The van der Waals surface area contributed by atoms with E-state index in [0.29, 0.717) is 21.2 Å². The molecule has 0 aliphatic heterocycles. The molecule has 6 heteroatoms. The van der Waals surface area contributed by atoms with Gasteiger partial charge in [0, 0.05) is 10.9 Å². The fourth-order valence-electron chi connectivity index (χ4n) is 3.32. The number of carbonyl (C=O) groups excluding carboxylic acids is 1. The van der Waals surface area contributed by atoms with E-state index in [1.165, 1.54) is 11.3 Å². The molecule has 2 aromatic carbocycles. The molecule has 0 aliphatic rings. The minimum absolute atomic E-state index is 0.247. The van der Waals surface area contributed by atoms with Gasteiger partial charge in [-0.05, 0) is 37.1 Å². The molecule has 4 nitrogen and oxygen atoms in total. The number of halogens is 1. The number of nitrogens with one attached hydrogen (secondary N) is 1. The van der Waals surface area contributed by atoms with Crippen molar-refractivity contribution in [3.63, 3.8) is 0 Å². The zero-order valence-electron chi connectivity index (χ0n) is 15.9. The molecule has 0 fully saturated rings. The lowest BCUT2D eigenvalue weighted by atomic mass is 10.0. The van der Waals surface area contributed by atoms with Gasteiger partial charge in [-0.2, -0.15) is 0 Å². The van der Waals surface area contributed by atoms with E-state index < -0.39 is 6.10 Å². The van der Waals surface area contributed by atoms with Gasteiger partial charge in [0.25, 0.3) is 5.91 Å². The van der Waals surface area contributed by atoms with Crippen LogP contribution in [-0.4, -0.2) is 16.0 Å². The molecule has 0 radical (unpaired) electrons. The fraction of sp³-hybridized carbons (Fsp3) is 0.130. The van der Waals surface area contributed by atoms with Crippen LogP contribution in [0.4, 0.5) is 5.69 Å². The number of hydrogen-bond donors (Lipinski definition) is 2. The summed E-state index contributed by atoms with van der Waals surface area (Å²) in [5.41, 5.74) is 3.40. The van der Waals surface area contributed by atoms with E-state index in [2.05, 4.69) is 10.3 Å². The first-order valence-electron chi connectivity index (χ1n) is 9.16. The van der Waals surface area contributed by atoms with Gasteiger partial charge in [0.05, 0.1) is 21.3 Å². The number of thiophene rings is 1. The van der Waals surface area contributed by atoms with Crippen LogP contribution in [0.5, 0.6) is 0 Å². The summed E-state index contributed by atoms with van der Waals surface area (Å²) < 4.78 is 0. The fourth-order valence-corrected chi connectivity index (χ4v) is 4.71. The standard InChI is InChI=1S/C23H19ClN2O2S/c1-13-17-19(26-22(28)16-11-7-4-8-12-16)21(20(27)15-9-5-3-6-10-15)29-23(17)25-14(2)18(13)24/h3-12,20,27H,1-2H3,(H,26,28). The molecule has 0 spiro atoms. The monoisotopic (exact) mass is 422 g/mol. The molecule has 0 saturated heterocycles. The van der Waals surface area contributed by atoms with E-state index >= 15 is 0 Å². The highest BCUT2D eigenvalue weighted by Crippen LogP contribution is 2.44. The normalized spacial score (nSPS) is 12.1. The van der Waals surface area contributed by atoms with Crippen LogP contribution in [0.2, 0.25) is 5.02 Å². The quantitative estimate of drug-likeness (QED) is 0.430. The molecule has 146 valence electrons. The summed E-state index contributed by atoms with van der Waals surface area (Å²) in [5.74, 6) is -0.247. The average molecular weight is 423 g/mol. The Labute approximate surface area is 177 Å². The van der Waals surface area contributed by atoms with E-state index in [1.54, 1.807) is 12.1 Å². The third kappa shape index (κ3) is 3.65. The smallest absolute Gasteiger partial charge is 0.255 e. The van der Waals surface area contributed by atoms with Crippen LogP contribution in [0.25, 0.3) is 10.2 Å². The highest BCUT2D eigenvalue weighted by atomic mass is 35.5. The number of amides is 1. The molecule has 2 heterocycles. The molecule has 4 rings (SSSR count). The maximum Gasteiger partial charge on any atom is 0.255 e. The van der Waals surface area contributed by atoms with Crippen molar-refractivity contribution in [1.29, 1.82) is 0 Å². The third-order valence-electron chi connectivity index (χ3n) is 4.85. The predicted octanol–water partition coefficient (Wildman–Crippen LogP) is 5.90. The number of aromatic nitrogens is 1. The van der Waals surface area contributed by atoms with Crippen molar-refractivity contribution >= 4 is 44.7 Å². The SMILES string of the molecule is Cc1nc2sc(C(O)c3ccccc3)c(NC(=O)c3ccccc3)c2c(C)c1Cl. The van der Waals surface area contributed by atoms with Gasteiger partial charge in [-0.15, -0.1) is 11.3 Å². The molecule has 1 unspecified atom stereocenters. The number of pyridine rings is 1. The number of nitrogens with zero attached hydrogens (tertiary/aromatic N) is 1. The number of fused-ring (bicyclic) bond motifs is 1. The Morgan fingerprint density at radius 3 is 2.34 bits per heavy atom. The summed E-state index contributed by atoms with van der Waals surface area (Å²) in [6.45, 7) is 3.76. The second-order valence-electron chi connectivity index (χ2n) is 6.79. The first-order valence-corrected chi connectivity index (χ1v) is 10.3. The van der Waals surface area contributed by atoms with Crippen molar-refractivity contribution < 1.29 is 9.90 Å². The van der Waals surface area contributed by atoms with Crippen LogP contribution in [-0.2, 0) is 0 Å². The summed E-state index contributed by atoms with van der Waals surface area (Å²) in [7, 11) is 0. The molecule has 1 amide bonds. The Morgan fingerprint density at radius 1 is 1.07 bits per heavy atom. The van der Waals surface area contributed by atoms with Gasteiger partial charge in [-0.3, -0.25) is 4.79 Å². The summed E-state index contributed by atoms with van der Waals surface area (Å²) >= 11 is 7.82. The second kappa shape index (κ2) is 7.95. The molecule has 4 aromatic rings. The number of anilines is 1. The van der Waals surface area contributed by atoms with Crippen LogP contribution in [0.3, 0.4) is 0 Å². The maximum absolute atomic E-state index is 12.9. The number of rotatable bonds is 4. The number of carbonyl (C=O) groups is 1. The lowest BCUT2D eigenvalue weighted by Gasteiger charge is -2.14. The summed E-state index contributed by atoms with van der Waals surface area (Å²) in [5, 5.41) is 15.4. The Balaban J connectivity index is 1.89. The topological polar surface area (TPSA) is 62.2 Å². The van der Waals surface area contributed by atoms with Crippen molar-refractivity contribution in [2.75, 3.05) is 5.32 Å². The molecule has 0 bridgehead atoms. The summed E-state index contributed by atoms with van der Waals surface area (Å²) in [6.07, 6.45) is -0.889. The minimum Gasteiger partial charge on any atom is -0.383 e. The van der Waals surface area contributed by atoms with E-state index in [9.17, 15) is 9.90 Å². The van der Waals surface area contributed by atoms with E-state index in [-0.39, 0.29) is 5.91 Å². The first-order chi connectivity index (χ1) is 14.0. The number of aliphatic hydroxyl groups is 1. The molecule has 2 N–H and O–H groups in total. The number of aryl methyl sites for hydroxylation is 2. The molecular formula is C23H19ClN2O2S. The van der Waals surface area contributed by atoms with E-state index in [4.69, 9.17) is 11.6 Å². The Kier molecular flexibility index (Phi) is 5.37. The Morgan fingerprint density at radius 2 is 1.69 bits per heavy atom. The van der Waals surface area contributed by atoms with Gasteiger partial charge in [0.1, 0.15) is 10.9 Å². The van der Waals surface area contributed by atoms with Gasteiger partial charge in [-0.1, -0.05) is 60.1 Å². The van der Waals surface area contributed by atoms with Crippen LogP contribution >= 0.6 is 22.9 Å². The van der Waals surface area contributed by atoms with Gasteiger partial charge in [-0.25, -0.2) is 4.98 Å². The van der Waals surface area contributed by atoms with E-state index in [0.717, 1.165) is 27.0 Å². The maximum atomic E-state index is 12.9. The van der Waals surface area contributed by atoms with Crippen molar-refractivity contribution in [3.8, 4) is 0 Å². The zero-order chi connectivity index (χ0) is 20.5. The molecule has 2 aromatic heterocycles. The molecular weight excluding hydrogens is 404 g/mol. The predicted molar refractivity (Wildman–Crippen MR) is 119 cm³/mol. The second-order valence-corrected chi connectivity index (χ2v) is 8.20. The number of hydrogen-bond acceptors (Lipinski definition) is 4. The van der Waals surface area contributed by atoms with Crippen LogP contribution in [0.1, 0.15) is 38.2 Å².